The van der Waals surface area contributed by atoms with Crippen LogP contribution in [0.4, 0.5) is 4.39 Å². The van der Waals surface area contributed by atoms with E-state index in [1.165, 1.54) is 0 Å². The van der Waals surface area contributed by atoms with Crippen LogP contribution in [0.25, 0.3) is 0 Å². The first-order valence-corrected chi connectivity index (χ1v) is 7.57. The lowest BCUT2D eigenvalue weighted by Gasteiger charge is -2.27. The van der Waals surface area contributed by atoms with Crippen LogP contribution >= 0.6 is 0 Å². The van der Waals surface area contributed by atoms with Crippen LogP contribution in [0, 0.1) is 5.82 Å². The van der Waals surface area contributed by atoms with Gasteiger partial charge in [-0.3, -0.25) is 0 Å². The van der Waals surface area contributed by atoms with E-state index in [-0.39, 0.29) is 23.4 Å². The zero-order valence-corrected chi connectivity index (χ0v) is 12.8. The molecule has 2 rings (SSSR count). The fourth-order valence-corrected chi connectivity index (χ4v) is 2.70. The molecule has 0 saturated carbocycles. The van der Waals surface area contributed by atoms with Crippen molar-refractivity contribution in [1.82, 2.24) is 5.32 Å². The average Bonchev–Trinajstić information content (AvgIpc) is 2.87. The second-order valence-corrected chi connectivity index (χ2v) is 6.72. The quantitative estimate of drug-likeness (QED) is 0.883. The maximum atomic E-state index is 14.1. The van der Waals surface area contributed by atoms with Crippen LogP contribution in [0.5, 0.6) is 0 Å². The zero-order chi connectivity index (χ0) is 14.6. The van der Waals surface area contributed by atoms with Crippen molar-refractivity contribution in [2.45, 2.75) is 57.6 Å². The average molecular weight is 279 g/mol. The first-order chi connectivity index (χ1) is 9.46. The van der Waals surface area contributed by atoms with Gasteiger partial charge in [0, 0.05) is 24.6 Å². The molecule has 3 heteroatoms. The summed E-state index contributed by atoms with van der Waals surface area (Å²) in [5.74, 6) is 0.0599. The molecule has 20 heavy (non-hydrogen) atoms. The highest BCUT2D eigenvalue weighted by molar-refractivity contribution is 5.22. The minimum Gasteiger partial charge on any atom is -0.378 e. The summed E-state index contributed by atoms with van der Waals surface area (Å²) in [6.45, 7) is 8.04. The maximum absolute atomic E-state index is 14.1. The van der Waals surface area contributed by atoms with E-state index < -0.39 is 0 Å². The topological polar surface area (TPSA) is 21.3 Å². The Balaban J connectivity index is 2.08. The second kappa shape index (κ2) is 6.68. The van der Waals surface area contributed by atoms with Gasteiger partial charge in [-0.15, -0.1) is 0 Å². The number of ether oxygens (including phenoxy) is 1. The van der Waals surface area contributed by atoms with E-state index in [1.807, 2.05) is 12.1 Å². The second-order valence-electron chi connectivity index (χ2n) is 6.72. The lowest BCUT2D eigenvalue weighted by molar-refractivity contribution is 0.0967. The lowest BCUT2D eigenvalue weighted by atomic mass is 9.91. The summed E-state index contributed by atoms with van der Waals surface area (Å²) >= 11 is 0. The molecular formula is C17H26FNO. The Hall–Kier alpha value is -0.930. The molecule has 0 aliphatic carbocycles. The van der Waals surface area contributed by atoms with Crippen LogP contribution in [-0.2, 0) is 4.74 Å². The molecule has 2 atom stereocenters. The Morgan fingerprint density at radius 1 is 1.35 bits per heavy atom. The summed E-state index contributed by atoms with van der Waals surface area (Å²) in [6, 6.07) is 7.12. The van der Waals surface area contributed by atoms with Gasteiger partial charge < -0.3 is 10.1 Å². The minimum atomic E-state index is -0.105. The van der Waals surface area contributed by atoms with Crippen LogP contribution in [-0.4, -0.2) is 24.8 Å². The molecule has 0 amide bonds. The summed E-state index contributed by atoms with van der Waals surface area (Å²) in [5, 5.41) is 3.50. The third-order valence-electron chi connectivity index (χ3n) is 3.80. The van der Waals surface area contributed by atoms with Gasteiger partial charge in [0.2, 0.25) is 0 Å². The van der Waals surface area contributed by atoms with Gasteiger partial charge >= 0.3 is 0 Å². The number of hydrogen-bond donors (Lipinski definition) is 1. The van der Waals surface area contributed by atoms with E-state index in [1.54, 1.807) is 12.1 Å². The van der Waals surface area contributed by atoms with E-state index in [9.17, 15) is 4.39 Å². The normalized spacial score (nSPS) is 21.1. The van der Waals surface area contributed by atoms with Gasteiger partial charge in [-0.25, -0.2) is 4.39 Å². The monoisotopic (exact) mass is 279 g/mol. The molecule has 1 aliphatic heterocycles. The molecule has 0 radical (unpaired) electrons. The van der Waals surface area contributed by atoms with Gasteiger partial charge in [-0.1, -0.05) is 18.2 Å². The molecule has 0 spiro atoms. The highest BCUT2D eigenvalue weighted by Gasteiger charge is 2.24. The summed E-state index contributed by atoms with van der Waals surface area (Å²) in [4.78, 5) is 0. The number of hydrogen-bond acceptors (Lipinski definition) is 2. The highest BCUT2D eigenvalue weighted by atomic mass is 19.1. The molecule has 1 fully saturated rings. The third-order valence-corrected chi connectivity index (χ3v) is 3.80. The van der Waals surface area contributed by atoms with E-state index in [0.29, 0.717) is 0 Å². The Kier molecular flexibility index (Phi) is 5.17. The zero-order valence-electron chi connectivity index (χ0n) is 12.8. The van der Waals surface area contributed by atoms with Crippen molar-refractivity contribution in [2.24, 2.45) is 0 Å². The summed E-state index contributed by atoms with van der Waals surface area (Å²) in [5.41, 5.74) is 0.847. The summed E-state index contributed by atoms with van der Waals surface area (Å²) < 4.78 is 19.8. The third kappa shape index (κ3) is 4.57. The smallest absolute Gasteiger partial charge is 0.126 e. The van der Waals surface area contributed by atoms with Gasteiger partial charge in [0.15, 0.2) is 0 Å². The molecule has 112 valence electrons. The molecule has 2 nitrogen and oxygen atoms in total. The van der Waals surface area contributed by atoms with E-state index in [4.69, 9.17) is 4.74 Å². The molecule has 1 aromatic carbocycles. The number of benzene rings is 1. The Morgan fingerprint density at radius 2 is 2.10 bits per heavy atom. The summed E-state index contributed by atoms with van der Waals surface area (Å²) in [6.07, 6.45) is 3.40. The molecule has 1 aromatic rings. The van der Waals surface area contributed by atoms with Gasteiger partial charge in [0.05, 0.1) is 6.10 Å². The molecule has 2 unspecified atom stereocenters. The van der Waals surface area contributed by atoms with E-state index in [0.717, 1.165) is 38.0 Å². The Morgan fingerprint density at radius 3 is 2.70 bits per heavy atom. The van der Waals surface area contributed by atoms with Gasteiger partial charge in [0.1, 0.15) is 5.82 Å². The molecular weight excluding hydrogens is 253 g/mol. The van der Waals surface area contributed by atoms with Crippen molar-refractivity contribution >= 4 is 0 Å². The van der Waals surface area contributed by atoms with Crippen molar-refractivity contribution < 1.29 is 9.13 Å². The molecule has 1 heterocycles. The molecule has 0 aromatic heterocycles. The largest absolute Gasteiger partial charge is 0.378 e. The van der Waals surface area contributed by atoms with Crippen LogP contribution in [0.3, 0.4) is 0 Å². The molecule has 1 aliphatic rings. The molecule has 1 N–H and O–H groups in total. The highest BCUT2D eigenvalue weighted by Crippen LogP contribution is 2.28. The Labute approximate surface area is 121 Å². The number of rotatable bonds is 5. The van der Waals surface area contributed by atoms with E-state index in [2.05, 4.69) is 26.1 Å². The van der Waals surface area contributed by atoms with Crippen molar-refractivity contribution in [1.29, 1.82) is 0 Å². The first-order valence-electron chi connectivity index (χ1n) is 7.57. The standard InChI is InChI=1S/C17H26FNO/c1-17(2,3)19-12-13(11-14-7-6-10-20-14)15-8-4-5-9-16(15)18/h4-5,8-9,13-14,19H,6-7,10-12H2,1-3H3. The fraction of sp³-hybridized carbons (Fsp3) is 0.647. The fourth-order valence-electron chi connectivity index (χ4n) is 2.70. The van der Waals surface area contributed by atoms with Crippen LogP contribution in [0.15, 0.2) is 24.3 Å². The van der Waals surface area contributed by atoms with Crippen molar-refractivity contribution in [2.75, 3.05) is 13.2 Å². The summed E-state index contributed by atoms with van der Waals surface area (Å²) in [7, 11) is 0. The van der Waals surface area contributed by atoms with Crippen LogP contribution in [0.2, 0.25) is 0 Å². The van der Waals surface area contributed by atoms with E-state index >= 15 is 0 Å². The molecule has 1 saturated heterocycles. The predicted octanol–water partition coefficient (Wildman–Crippen LogP) is 3.87. The Bertz CT molecular complexity index is 421. The van der Waals surface area contributed by atoms with Gasteiger partial charge in [-0.05, 0) is 51.7 Å². The van der Waals surface area contributed by atoms with Crippen molar-refractivity contribution in [3.05, 3.63) is 35.6 Å². The first kappa shape index (κ1) is 15.5. The molecule has 0 bridgehead atoms. The minimum absolute atomic E-state index is 0.0417. The maximum Gasteiger partial charge on any atom is 0.126 e. The van der Waals surface area contributed by atoms with Crippen LogP contribution < -0.4 is 5.32 Å². The van der Waals surface area contributed by atoms with Gasteiger partial charge in [-0.2, -0.15) is 0 Å². The van der Waals surface area contributed by atoms with Crippen molar-refractivity contribution in [3.63, 3.8) is 0 Å². The number of nitrogens with one attached hydrogen (secondary N) is 1. The van der Waals surface area contributed by atoms with Gasteiger partial charge in [0.25, 0.3) is 0 Å². The SMILES string of the molecule is CC(C)(C)NCC(CC1CCCO1)c1ccccc1F. The van der Waals surface area contributed by atoms with Crippen molar-refractivity contribution in [3.8, 4) is 0 Å². The predicted molar refractivity (Wildman–Crippen MR) is 80.5 cm³/mol. The number of halogens is 1. The lowest BCUT2D eigenvalue weighted by Crippen LogP contribution is -2.39. The van der Waals surface area contributed by atoms with Crippen LogP contribution in [0.1, 0.15) is 51.5 Å².